The predicted molar refractivity (Wildman–Crippen MR) is 94.6 cm³/mol. The second kappa shape index (κ2) is 7.16. The molecule has 2 aromatic carbocycles. The lowest BCUT2D eigenvalue weighted by Crippen LogP contribution is -2.27. The van der Waals surface area contributed by atoms with Crippen LogP contribution < -0.4 is 5.32 Å². The van der Waals surface area contributed by atoms with Gasteiger partial charge >= 0.3 is 0 Å². The van der Waals surface area contributed by atoms with Gasteiger partial charge in [-0.2, -0.15) is 0 Å². The number of aryl methyl sites for hydroxylation is 1. The lowest BCUT2D eigenvalue weighted by atomic mass is 10.1. The van der Waals surface area contributed by atoms with Crippen LogP contribution in [0.1, 0.15) is 17.5 Å². The van der Waals surface area contributed by atoms with Gasteiger partial charge in [-0.3, -0.25) is 9.69 Å². The van der Waals surface area contributed by atoms with E-state index >= 15 is 0 Å². The highest BCUT2D eigenvalue weighted by molar-refractivity contribution is 6.31. The number of rotatable bonds is 4. The number of hydrogen-bond donors (Lipinski definition) is 1. The Morgan fingerprint density at radius 2 is 2.04 bits per heavy atom. The van der Waals surface area contributed by atoms with Crippen molar-refractivity contribution in [1.82, 2.24) is 4.90 Å². The first-order valence-electron chi connectivity index (χ1n) is 7.95. The molecule has 0 spiro atoms. The van der Waals surface area contributed by atoms with Gasteiger partial charge in [0, 0.05) is 23.8 Å². The summed E-state index contributed by atoms with van der Waals surface area (Å²) in [4.78, 5) is 14.8. The van der Waals surface area contributed by atoms with E-state index in [9.17, 15) is 4.79 Å². The average Bonchev–Trinajstić information content (AvgIpc) is 3.00. The Hall–Kier alpha value is -1.84. The molecule has 0 radical (unpaired) electrons. The van der Waals surface area contributed by atoms with E-state index in [2.05, 4.69) is 34.5 Å². The fraction of sp³-hybridized carbons (Fsp3) is 0.316. The van der Waals surface area contributed by atoms with Crippen LogP contribution in [0.4, 0.5) is 5.69 Å². The molecular weight excluding hydrogens is 308 g/mol. The van der Waals surface area contributed by atoms with Crippen LogP contribution in [0.15, 0.2) is 48.5 Å². The van der Waals surface area contributed by atoms with Gasteiger partial charge in [0.05, 0.1) is 5.92 Å². The Labute approximate surface area is 142 Å². The second-order valence-corrected chi connectivity index (χ2v) is 6.59. The van der Waals surface area contributed by atoms with Crippen LogP contribution in [0.25, 0.3) is 0 Å². The van der Waals surface area contributed by atoms with Crippen molar-refractivity contribution in [3.63, 3.8) is 0 Å². The second-order valence-electron chi connectivity index (χ2n) is 6.15. The normalized spacial score (nSPS) is 18.1. The van der Waals surface area contributed by atoms with Crippen molar-refractivity contribution in [2.24, 2.45) is 5.92 Å². The lowest BCUT2D eigenvalue weighted by molar-refractivity contribution is -0.119. The van der Waals surface area contributed by atoms with E-state index in [1.54, 1.807) is 0 Å². The predicted octanol–water partition coefficient (Wildman–Crippen LogP) is 4.11. The molecule has 3 rings (SSSR count). The Kier molecular flexibility index (Phi) is 4.99. The Morgan fingerprint density at radius 3 is 2.83 bits per heavy atom. The summed E-state index contributed by atoms with van der Waals surface area (Å²) in [6.45, 7) is 4.64. The van der Waals surface area contributed by atoms with Gasteiger partial charge in [0.2, 0.25) is 5.91 Å². The third kappa shape index (κ3) is 4.12. The average molecular weight is 329 g/mol. The number of hydrogen-bond acceptors (Lipinski definition) is 2. The molecule has 1 saturated heterocycles. The molecule has 0 saturated carbocycles. The summed E-state index contributed by atoms with van der Waals surface area (Å²) in [5, 5.41) is 3.67. The number of carbonyl (C=O) groups excluding carboxylic acids is 1. The minimum absolute atomic E-state index is 0.0390. The summed E-state index contributed by atoms with van der Waals surface area (Å²) in [6, 6.07) is 16.0. The fourth-order valence-electron chi connectivity index (χ4n) is 3.00. The molecule has 1 aliphatic rings. The van der Waals surface area contributed by atoms with Crippen molar-refractivity contribution in [3.8, 4) is 0 Å². The fourth-order valence-corrected chi connectivity index (χ4v) is 3.17. The number of likely N-dealkylation sites (tertiary alicyclic amines) is 1. The van der Waals surface area contributed by atoms with E-state index in [0.717, 1.165) is 37.3 Å². The molecule has 1 aliphatic heterocycles. The van der Waals surface area contributed by atoms with Crippen LogP contribution in [0.5, 0.6) is 0 Å². The highest BCUT2D eigenvalue weighted by atomic mass is 35.5. The Morgan fingerprint density at radius 1 is 1.26 bits per heavy atom. The monoisotopic (exact) mass is 328 g/mol. The van der Waals surface area contributed by atoms with Crippen LogP contribution in [0.3, 0.4) is 0 Å². The smallest absolute Gasteiger partial charge is 0.228 e. The van der Waals surface area contributed by atoms with Gasteiger partial charge < -0.3 is 5.32 Å². The van der Waals surface area contributed by atoms with Gasteiger partial charge in [-0.05, 0) is 43.1 Å². The number of nitrogens with zero attached hydrogens (tertiary/aromatic N) is 1. The molecule has 1 amide bonds. The minimum atomic E-state index is 0.0390. The van der Waals surface area contributed by atoms with Crippen LogP contribution >= 0.6 is 11.6 Å². The summed E-state index contributed by atoms with van der Waals surface area (Å²) in [7, 11) is 0. The first kappa shape index (κ1) is 16.0. The van der Waals surface area contributed by atoms with Gasteiger partial charge in [0.1, 0.15) is 0 Å². The number of halogens is 1. The zero-order valence-corrected chi connectivity index (χ0v) is 14.0. The number of amides is 1. The van der Waals surface area contributed by atoms with Gasteiger partial charge in [-0.1, -0.05) is 48.0 Å². The first-order chi connectivity index (χ1) is 11.1. The van der Waals surface area contributed by atoms with Crippen LogP contribution in [-0.2, 0) is 11.3 Å². The Bertz CT molecular complexity index is 687. The largest absolute Gasteiger partial charge is 0.326 e. The van der Waals surface area contributed by atoms with Gasteiger partial charge in [-0.25, -0.2) is 0 Å². The van der Waals surface area contributed by atoms with Crippen molar-refractivity contribution in [2.75, 3.05) is 18.4 Å². The van der Waals surface area contributed by atoms with Gasteiger partial charge in [0.25, 0.3) is 0 Å². The zero-order chi connectivity index (χ0) is 16.2. The van der Waals surface area contributed by atoms with E-state index in [1.807, 2.05) is 31.2 Å². The molecule has 2 aromatic rings. The molecule has 1 N–H and O–H groups in total. The maximum Gasteiger partial charge on any atom is 0.228 e. The summed E-state index contributed by atoms with van der Waals surface area (Å²) >= 11 is 6.01. The third-order valence-electron chi connectivity index (χ3n) is 4.35. The molecule has 120 valence electrons. The molecule has 3 nitrogen and oxygen atoms in total. The molecule has 4 heteroatoms. The SMILES string of the molecule is Cc1ccc(Cl)cc1NC(=O)C1CCN(Cc2ccccc2)C1. The molecule has 0 aromatic heterocycles. The molecule has 0 aliphatic carbocycles. The molecule has 23 heavy (non-hydrogen) atoms. The summed E-state index contributed by atoms with van der Waals surface area (Å²) < 4.78 is 0. The third-order valence-corrected chi connectivity index (χ3v) is 4.58. The quantitative estimate of drug-likeness (QED) is 0.916. The number of nitrogens with one attached hydrogen (secondary N) is 1. The number of anilines is 1. The topological polar surface area (TPSA) is 32.3 Å². The van der Waals surface area contributed by atoms with E-state index in [4.69, 9.17) is 11.6 Å². The Balaban J connectivity index is 1.58. The minimum Gasteiger partial charge on any atom is -0.326 e. The molecule has 1 atom stereocenters. The molecule has 1 heterocycles. The zero-order valence-electron chi connectivity index (χ0n) is 13.3. The van der Waals surface area contributed by atoms with E-state index in [0.29, 0.717) is 5.02 Å². The van der Waals surface area contributed by atoms with Gasteiger partial charge in [0.15, 0.2) is 0 Å². The molecule has 1 unspecified atom stereocenters. The van der Waals surface area contributed by atoms with Crippen molar-refractivity contribution < 1.29 is 4.79 Å². The van der Waals surface area contributed by atoms with Crippen molar-refractivity contribution in [2.45, 2.75) is 19.9 Å². The summed E-state index contributed by atoms with van der Waals surface area (Å²) in [5.74, 6) is 0.128. The summed E-state index contributed by atoms with van der Waals surface area (Å²) in [5.41, 5.74) is 3.13. The maximum atomic E-state index is 12.5. The molecule has 0 bridgehead atoms. The van der Waals surface area contributed by atoms with E-state index in [-0.39, 0.29) is 11.8 Å². The van der Waals surface area contributed by atoms with Crippen molar-refractivity contribution in [3.05, 3.63) is 64.7 Å². The summed E-state index contributed by atoms with van der Waals surface area (Å²) in [6.07, 6.45) is 0.901. The highest BCUT2D eigenvalue weighted by Crippen LogP contribution is 2.24. The van der Waals surface area contributed by atoms with Crippen molar-refractivity contribution in [1.29, 1.82) is 0 Å². The van der Waals surface area contributed by atoms with Crippen LogP contribution in [0, 0.1) is 12.8 Å². The van der Waals surface area contributed by atoms with Crippen LogP contribution in [0.2, 0.25) is 5.02 Å². The van der Waals surface area contributed by atoms with E-state index < -0.39 is 0 Å². The van der Waals surface area contributed by atoms with E-state index in [1.165, 1.54) is 5.56 Å². The molecule has 1 fully saturated rings. The van der Waals surface area contributed by atoms with Gasteiger partial charge in [-0.15, -0.1) is 0 Å². The lowest BCUT2D eigenvalue weighted by Gasteiger charge is -2.16. The number of carbonyl (C=O) groups is 1. The van der Waals surface area contributed by atoms with Crippen LogP contribution in [-0.4, -0.2) is 23.9 Å². The maximum absolute atomic E-state index is 12.5. The van der Waals surface area contributed by atoms with Crippen molar-refractivity contribution >= 4 is 23.2 Å². The highest BCUT2D eigenvalue weighted by Gasteiger charge is 2.28. The standard InChI is InChI=1S/C19H21ClN2O/c1-14-7-8-17(20)11-18(14)21-19(23)16-9-10-22(13-16)12-15-5-3-2-4-6-15/h2-8,11,16H,9-10,12-13H2,1H3,(H,21,23). The molecular formula is C19H21ClN2O. The number of benzene rings is 2. The first-order valence-corrected chi connectivity index (χ1v) is 8.33.